The van der Waals surface area contributed by atoms with Crippen LogP contribution in [0.4, 0.5) is 0 Å². The normalized spacial score (nSPS) is 32.0. The number of fused-ring (bicyclic) bond motifs is 5. The number of benzene rings is 1. The summed E-state index contributed by atoms with van der Waals surface area (Å²) in [5.74, 6) is 2.22. The average Bonchev–Trinajstić information content (AvgIpc) is 2.72. The zero-order valence-electron chi connectivity index (χ0n) is 18.0. The first-order valence-electron chi connectivity index (χ1n) is 10.9. The van der Waals surface area contributed by atoms with Crippen LogP contribution in [0.25, 0.3) is 0 Å². The second-order valence-electron chi connectivity index (χ2n) is 8.85. The lowest BCUT2D eigenvalue weighted by molar-refractivity contribution is 0.0428. The molecule has 2 saturated carbocycles. The number of ether oxygens (including phenoxy) is 1. The Morgan fingerprint density at radius 1 is 1.17 bits per heavy atom. The van der Waals surface area contributed by atoms with Crippen LogP contribution < -0.4 is 14.1 Å². The van der Waals surface area contributed by atoms with Crippen LogP contribution in [0.3, 0.4) is 0 Å². The van der Waals surface area contributed by atoms with Crippen LogP contribution in [-0.4, -0.2) is 28.3 Å². The zero-order chi connectivity index (χ0) is 21.5. The quantitative estimate of drug-likeness (QED) is 0.705. The van der Waals surface area contributed by atoms with E-state index in [2.05, 4.69) is 12.1 Å². The van der Waals surface area contributed by atoms with Gasteiger partial charge < -0.3 is 13.8 Å². The molecule has 3 aliphatic carbocycles. The van der Waals surface area contributed by atoms with Crippen molar-refractivity contribution in [3.05, 3.63) is 23.3 Å². The van der Waals surface area contributed by atoms with Crippen LogP contribution in [0.1, 0.15) is 68.9 Å². The molecule has 4 atom stereocenters. The van der Waals surface area contributed by atoms with E-state index in [1.165, 1.54) is 24.8 Å². The molecule has 166 valence electrons. The number of methoxy groups -OCH3 is 1. The maximum atomic E-state index is 11.5. The van der Waals surface area contributed by atoms with Gasteiger partial charge in [0.25, 0.3) is 0 Å². The number of hydrogen-bond donors (Lipinski definition) is 1. The Morgan fingerprint density at radius 3 is 2.63 bits per heavy atom. The number of hydrogen-bond acceptors (Lipinski definition) is 6. The SMILES string of the molecule is CC[C@]12CCC3c4cc(OC)c(OS(N)(=O)=O)cc4CCC3C1CCC/C2=N\OC. The number of nitrogens with two attached hydrogens (primary N) is 1. The molecule has 4 rings (SSSR count). The molecule has 30 heavy (non-hydrogen) atoms. The highest BCUT2D eigenvalue weighted by Crippen LogP contribution is 2.60. The largest absolute Gasteiger partial charge is 0.493 e. The van der Waals surface area contributed by atoms with E-state index in [4.69, 9.17) is 18.9 Å². The molecule has 8 heteroatoms. The molecule has 0 spiro atoms. The van der Waals surface area contributed by atoms with Gasteiger partial charge in [0.2, 0.25) is 0 Å². The van der Waals surface area contributed by atoms with Gasteiger partial charge in [-0.25, -0.2) is 0 Å². The topological polar surface area (TPSA) is 100 Å². The maximum absolute atomic E-state index is 11.5. The predicted octanol–water partition coefficient (Wildman–Crippen LogP) is 3.92. The Bertz CT molecular complexity index is 945. The van der Waals surface area contributed by atoms with Gasteiger partial charge in [0.1, 0.15) is 7.11 Å². The van der Waals surface area contributed by atoms with E-state index in [9.17, 15) is 8.42 Å². The molecule has 0 radical (unpaired) electrons. The molecule has 1 aromatic rings. The summed E-state index contributed by atoms with van der Waals surface area (Å²) in [6.07, 6.45) is 8.71. The predicted molar refractivity (Wildman–Crippen MR) is 115 cm³/mol. The molecule has 0 aromatic heterocycles. The van der Waals surface area contributed by atoms with Crippen LogP contribution >= 0.6 is 0 Å². The van der Waals surface area contributed by atoms with Gasteiger partial charge in [0.05, 0.1) is 12.8 Å². The molecule has 3 unspecified atom stereocenters. The minimum absolute atomic E-state index is 0.147. The van der Waals surface area contributed by atoms with Gasteiger partial charge in [-0.15, -0.1) is 0 Å². The second kappa shape index (κ2) is 8.04. The van der Waals surface area contributed by atoms with Crippen LogP contribution in [-0.2, 0) is 21.6 Å². The molecule has 0 saturated heterocycles. The first kappa shape index (κ1) is 21.4. The van der Waals surface area contributed by atoms with E-state index >= 15 is 0 Å². The fourth-order valence-electron chi connectivity index (χ4n) is 6.62. The molecule has 0 aliphatic heterocycles. The Balaban J connectivity index is 1.71. The lowest BCUT2D eigenvalue weighted by Gasteiger charge is -2.55. The van der Waals surface area contributed by atoms with Crippen LogP contribution in [0, 0.1) is 17.3 Å². The molecule has 0 bridgehead atoms. The maximum Gasteiger partial charge on any atom is 0.380 e. The first-order valence-corrected chi connectivity index (χ1v) is 12.3. The summed E-state index contributed by atoms with van der Waals surface area (Å²) in [6, 6.07) is 3.77. The Morgan fingerprint density at radius 2 is 1.97 bits per heavy atom. The van der Waals surface area contributed by atoms with E-state index in [0.717, 1.165) is 50.5 Å². The van der Waals surface area contributed by atoms with Gasteiger partial charge in [-0.2, -0.15) is 13.6 Å². The Labute approximate surface area is 179 Å². The van der Waals surface area contributed by atoms with Crippen molar-refractivity contribution in [1.82, 2.24) is 0 Å². The van der Waals surface area contributed by atoms with Crippen molar-refractivity contribution in [3.63, 3.8) is 0 Å². The number of nitrogens with zero attached hydrogens (tertiary/aromatic N) is 1. The molecule has 0 amide bonds. The molecular weight excluding hydrogens is 404 g/mol. The molecule has 1 aromatic carbocycles. The number of rotatable bonds is 5. The fourth-order valence-corrected chi connectivity index (χ4v) is 7.00. The highest BCUT2D eigenvalue weighted by atomic mass is 32.2. The molecule has 2 N–H and O–H groups in total. The summed E-state index contributed by atoms with van der Waals surface area (Å²) in [7, 11) is -0.931. The summed E-state index contributed by atoms with van der Waals surface area (Å²) in [6.45, 7) is 2.29. The summed E-state index contributed by atoms with van der Waals surface area (Å²) in [4.78, 5) is 5.23. The Kier molecular flexibility index (Phi) is 5.74. The zero-order valence-corrected chi connectivity index (χ0v) is 18.8. The van der Waals surface area contributed by atoms with Gasteiger partial charge in [-0.3, -0.25) is 0 Å². The minimum atomic E-state index is -4.10. The Hall–Kier alpha value is -1.80. The highest BCUT2D eigenvalue weighted by molar-refractivity contribution is 7.84. The lowest BCUT2D eigenvalue weighted by Crippen LogP contribution is -2.50. The third kappa shape index (κ3) is 3.58. The van der Waals surface area contributed by atoms with Gasteiger partial charge in [0, 0.05) is 5.41 Å². The van der Waals surface area contributed by atoms with Gasteiger partial charge in [-0.1, -0.05) is 12.1 Å². The summed E-state index contributed by atoms with van der Waals surface area (Å²) >= 11 is 0. The summed E-state index contributed by atoms with van der Waals surface area (Å²) in [5.41, 5.74) is 3.81. The van der Waals surface area contributed by atoms with Crippen LogP contribution in [0.15, 0.2) is 17.3 Å². The lowest BCUT2D eigenvalue weighted by atomic mass is 9.49. The smallest absolute Gasteiger partial charge is 0.380 e. The van der Waals surface area contributed by atoms with Crippen LogP contribution in [0.2, 0.25) is 0 Å². The number of aryl methyl sites for hydroxylation is 1. The van der Waals surface area contributed by atoms with Gasteiger partial charge in [0.15, 0.2) is 11.5 Å². The molecular formula is C22H32N2O5S. The second-order valence-corrected chi connectivity index (χ2v) is 10.0. The van der Waals surface area contributed by atoms with E-state index in [1.807, 2.05) is 6.07 Å². The highest BCUT2D eigenvalue weighted by Gasteiger charge is 2.53. The van der Waals surface area contributed by atoms with Crippen molar-refractivity contribution in [2.75, 3.05) is 14.2 Å². The third-order valence-corrected chi connectivity index (χ3v) is 8.17. The van der Waals surface area contributed by atoms with Crippen molar-refractivity contribution in [3.8, 4) is 11.5 Å². The molecule has 3 aliphatic rings. The van der Waals surface area contributed by atoms with Crippen molar-refractivity contribution in [2.45, 2.75) is 64.2 Å². The summed E-state index contributed by atoms with van der Waals surface area (Å²) < 4.78 is 33.3. The van der Waals surface area contributed by atoms with E-state index in [0.29, 0.717) is 23.5 Å². The standard InChI is InChI=1S/C22H32N2O5S/c1-4-22-11-10-15-16(18(22)6-5-7-21(22)24-28-3)9-8-14-12-20(29-30(23,25)26)19(27-2)13-17(14)15/h12-13,15-16,18H,4-11H2,1-3H3,(H2,23,25,26)/b24-21+/t15?,16?,18?,22-/m0/s1. The molecule has 2 fully saturated rings. The van der Waals surface area contributed by atoms with Crippen LogP contribution in [0.5, 0.6) is 11.5 Å². The monoisotopic (exact) mass is 436 g/mol. The minimum Gasteiger partial charge on any atom is -0.493 e. The average molecular weight is 437 g/mol. The summed E-state index contributed by atoms with van der Waals surface area (Å²) in [5, 5.41) is 9.56. The van der Waals surface area contributed by atoms with Gasteiger partial charge in [-0.05, 0) is 92.4 Å². The van der Waals surface area contributed by atoms with Crippen molar-refractivity contribution < 1.29 is 22.2 Å². The van der Waals surface area contributed by atoms with Crippen molar-refractivity contribution in [1.29, 1.82) is 0 Å². The van der Waals surface area contributed by atoms with E-state index in [-0.39, 0.29) is 11.2 Å². The fraction of sp³-hybridized carbons (Fsp3) is 0.682. The van der Waals surface area contributed by atoms with Crippen molar-refractivity contribution in [2.24, 2.45) is 27.5 Å². The third-order valence-electron chi connectivity index (χ3n) is 7.76. The molecule has 7 nitrogen and oxygen atoms in total. The molecule has 0 heterocycles. The van der Waals surface area contributed by atoms with Crippen molar-refractivity contribution >= 4 is 16.0 Å². The van der Waals surface area contributed by atoms with E-state index in [1.54, 1.807) is 13.2 Å². The number of oxime groups is 1. The first-order chi connectivity index (χ1) is 14.3. The van der Waals surface area contributed by atoms with Gasteiger partial charge >= 0.3 is 10.3 Å². The van der Waals surface area contributed by atoms with E-state index < -0.39 is 10.3 Å².